The van der Waals surface area contributed by atoms with E-state index in [1.807, 2.05) is 0 Å². The van der Waals surface area contributed by atoms with Crippen molar-refractivity contribution in [2.75, 3.05) is 0 Å². The minimum Gasteiger partial charge on any atom is -0.373 e. The quantitative estimate of drug-likeness (QED) is 0.678. The second-order valence-corrected chi connectivity index (χ2v) is 5.36. The van der Waals surface area contributed by atoms with Gasteiger partial charge < -0.3 is 14.2 Å². The van der Waals surface area contributed by atoms with Gasteiger partial charge in [-0.15, -0.1) is 0 Å². The lowest BCUT2D eigenvalue weighted by Gasteiger charge is -2.22. The Morgan fingerprint density at radius 3 is 2.44 bits per heavy atom. The van der Waals surface area contributed by atoms with Crippen molar-refractivity contribution >= 4 is 0 Å². The summed E-state index contributed by atoms with van der Waals surface area (Å²) in [6, 6.07) is 0. The van der Waals surface area contributed by atoms with Gasteiger partial charge in [0.15, 0.2) is 6.29 Å². The Labute approximate surface area is 98.4 Å². The van der Waals surface area contributed by atoms with E-state index in [1.165, 1.54) is 0 Å². The van der Waals surface area contributed by atoms with E-state index in [-0.39, 0.29) is 18.5 Å². The van der Waals surface area contributed by atoms with Gasteiger partial charge in [0.2, 0.25) is 0 Å². The van der Waals surface area contributed by atoms with Crippen molar-refractivity contribution in [3.8, 4) is 0 Å². The van der Waals surface area contributed by atoms with Gasteiger partial charge in [-0.1, -0.05) is 20.8 Å². The Morgan fingerprint density at radius 2 is 2.00 bits per heavy atom. The molecule has 0 radical (unpaired) electrons. The molecular weight excluding hydrogens is 204 g/mol. The zero-order valence-corrected chi connectivity index (χ0v) is 10.8. The third-order valence-electron chi connectivity index (χ3n) is 3.53. The largest absolute Gasteiger partial charge is 0.373 e. The molecule has 0 aliphatic carbocycles. The topological polar surface area (TPSA) is 31.0 Å². The number of ether oxygens (including phenoxy) is 3. The van der Waals surface area contributed by atoms with Gasteiger partial charge in [0.25, 0.3) is 0 Å². The van der Waals surface area contributed by atoms with Crippen molar-refractivity contribution in [2.45, 2.75) is 77.7 Å². The monoisotopic (exact) mass is 228 g/mol. The predicted molar refractivity (Wildman–Crippen MR) is 62.2 cm³/mol. The van der Waals surface area contributed by atoms with E-state index in [0.29, 0.717) is 18.1 Å². The van der Waals surface area contributed by atoms with E-state index >= 15 is 0 Å². The highest BCUT2D eigenvalue weighted by Gasteiger charge is 2.45. The molecule has 94 valence electrons. The Kier molecular flexibility index (Phi) is 3.88. The fraction of sp³-hybridized carbons (Fsp3) is 1.00. The van der Waals surface area contributed by atoms with Crippen LogP contribution in [0.5, 0.6) is 0 Å². The van der Waals surface area contributed by atoms with E-state index in [2.05, 4.69) is 27.7 Å². The highest BCUT2D eigenvalue weighted by Crippen LogP contribution is 2.34. The molecule has 2 aliphatic heterocycles. The fourth-order valence-corrected chi connectivity index (χ4v) is 2.42. The third-order valence-corrected chi connectivity index (χ3v) is 3.53. The number of epoxide rings is 1. The fourth-order valence-electron chi connectivity index (χ4n) is 2.42. The average molecular weight is 228 g/mol. The molecule has 0 aromatic heterocycles. The lowest BCUT2D eigenvalue weighted by Crippen LogP contribution is -2.30. The molecule has 0 amide bonds. The SMILES string of the molecule is CC[C@H](OC1OC1C(C)C)[C@@H]1CC[C@H](C)O1. The summed E-state index contributed by atoms with van der Waals surface area (Å²) in [7, 11) is 0. The van der Waals surface area contributed by atoms with Crippen LogP contribution in [0, 0.1) is 5.92 Å². The van der Waals surface area contributed by atoms with Crippen molar-refractivity contribution in [1.29, 1.82) is 0 Å². The van der Waals surface area contributed by atoms with Crippen LogP contribution in [0.25, 0.3) is 0 Å². The van der Waals surface area contributed by atoms with Gasteiger partial charge >= 0.3 is 0 Å². The lowest BCUT2D eigenvalue weighted by molar-refractivity contribution is -0.0946. The normalized spacial score (nSPS) is 40.3. The van der Waals surface area contributed by atoms with Gasteiger partial charge in [0.1, 0.15) is 6.10 Å². The molecule has 3 heteroatoms. The Bertz CT molecular complexity index is 229. The minimum atomic E-state index is 0.0180. The summed E-state index contributed by atoms with van der Waals surface area (Å²) >= 11 is 0. The van der Waals surface area contributed by atoms with Gasteiger partial charge in [-0.25, -0.2) is 0 Å². The zero-order chi connectivity index (χ0) is 11.7. The molecule has 3 nitrogen and oxygen atoms in total. The molecule has 5 atom stereocenters. The van der Waals surface area contributed by atoms with Crippen molar-refractivity contribution < 1.29 is 14.2 Å². The van der Waals surface area contributed by atoms with Crippen LogP contribution in [0.3, 0.4) is 0 Å². The van der Waals surface area contributed by atoms with Crippen LogP contribution in [0.1, 0.15) is 47.0 Å². The van der Waals surface area contributed by atoms with E-state index in [0.717, 1.165) is 19.3 Å². The molecule has 0 saturated carbocycles. The molecule has 2 unspecified atom stereocenters. The molecule has 0 aromatic rings. The first-order valence-corrected chi connectivity index (χ1v) is 6.58. The van der Waals surface area contributed by atoms with E-state index < -0.39 is 0 Å². The second-order valence-electron chi connectivity index (χ2n) is 5.36. The number of rotatable bonds is 5. The second kappa shape index (κ2) is 5.03. The lowest BCUT2D eigenvalue weighted by atomic mass is 10.1. The first kappa shape index (κ1) is 12.3. The van der Waals surface area contributed by atoms with E-state index in [1.54, 1.807) is 0 Å². The zero-order valence-electron chi connectivity index (χ0n) is 10.8. The molecular formula is C13H24O3. The summed E-state index contributed by atoms with van der Waals surface area (Å²) in [5.41, 5.74) is 0. The van der Waals surface area contributed by atoms with Crippen molar-refractivity contribution in [3.05, 3.63) is 0 Å². The highest BCUT2D eigenvalue weighted by molar-refractivity contribution is 4.84. The maximum absolute atomic E-state index is 5.97. The van der Waals surface area contributed by atoms with Gasteiger partial charge in [-0.3, -0.25) is 0 Å². The maximum atomic E-state index is 5.97. The van der Waals surface area contributed by atoms with Crippen LogP contribution < -0.4 is 0 Å². The molecule has 0 aromatic carbocycles. The van der Waals surface area contributed by atoms with Crippen LogP contribution in [0.2, 0.25) is 0 Å². The average Bonchev–Trinajstić information content (AvgIpc) is 2.90. The Hall–Kier alpha value is -0.120. The van der Waals surface area contributed by atoms with E-state index in [4.69, 9.17) is 14.2 Å². The summed E-state index contributed by atoms with van der Waals surface area (Å²) in [5, 5.41) is 0. The molecule has 2 saturated heterocycles. The third kappa shape index (κ3) is 2.76. The standard InChI is InChI=1S/C13H24O3/c1-5-10(11-7-6-9(4)14-11)15-13-12(16-13)8(2)3/h8-13H,5-7H2,1-4H3/t9-,10-,11-,12?,13?/m0/s1. The summed E-state index contributed by atoms with van der Waals surface area (Å²) in [5.74, 6) is 0.547. The van der Waals surface area contributed by atoms with Gasteiger partial charge in [0, 0.05) is 0 Å². The van der Waals surface area contributed by atoms with Gasteiger partial charge in [-0.05, 0) is 32.1 Å². The van der Waals surface area contributed by atoms with Gasteiger partial charge in [-0.2, -0.15) is 0 Å². The molecule has 2 aliphatic rings. The molecule has 2 heterocycles. The van der Waals surface area contributed by atoms with E-state index in [9.17, 15) is 0 Å². The molecule has 0 bridgehead atoms. The summed E-state index contributed by atoms with van der Waals surface area (Å²) < 4.78 is 17.3. The van der Waals surface area contributed by atoms with Crippen LogP contribution in [0.15, 0.2) is 0 Å². The number of hydrogen-bond acceptors (Lipinski definition) is 3. The Morgan fingerprint density at radius 1 is 1.25 bits per heavy atom. The van der Waals surface area contributed by atoms with Gasteiger partial charge in [0.05, 0.1) is 18.3 Å². The van der Waals surface area contributed by atoms with Crippen molar-refractivity contribution in [2.24, 2.45) is 5.92 Å². The first-order valence-electron chi connectivity index (χ1n) is 6.58. The van der Waals surface area contributed by atoms with Crippen molar-refractivity contribution in [3.63, 3.8) is 0 Å². The smallest absolute Gasteiger partial charge is 0.185 e. The van der Waals surface area contributed by atoms with Crippen molar-refractivity contribution in [1.82, 2.24) is 0 Å². The van der Waals surface area contributed by atoms with Crippen LogP contribution >= 0.6 is 0 Å². The number of hydrogen-bond donors (Lipinski definition) is 0. The molecule has 0 N–H and O–H groups in total. The maximum Gasteiger partial charge on any atom is 0.185 e. The summed E-state index contributed by atoms with van der Waals surface area (Å²) in [6.45, 7) is 8.63. The minimum absolute atomic E-state index is 0.0180. The summed E-state index contributed by atoms with van der Waals surface area (Å²) in [6.07, 6.45) is 4.47. The summed E-state index contributed by atoms with van der Waals surface area (Å²) in [4.78, 5) is 0. The predicted octanol–water partition coefficient (Wildman–Crippen LogP) is 2.73. The highest BCUT2D eigenvalue weighted by atomic mass is 16.8. The molecule has 2 fully saturated rings. The van der Waals surface area contributed by atoms with Crippen LogP contribution in [-0.2, 0) is 14.2 Å². The first-order chi connectivity index (χ1) is 7.61. The molecule has 16 heavy (non-hydrogen) atoms. The molecule has 2 rings (SSSR count). The van der Waals surface area contributed by atoms with Crippen LogP contribution in [0.4, 0.5) is 0 Å². The van der Waals surface area contributed by atoms with Crippen LogP contribution in [-0.4, -0.2) is 30.7 Å². The Balaban J connectivity index is 1.78. The molecule has 0 spiro atoms.